The normalized spacial score (nSPS) is 17.2. The number of benzene rings is 1. The molecule has 8 heteroatoms. The van der Waals surface area contributed by atoms with Gasteiger partial charge in [0.2, 0.25) is 0 Å². The second-order valence-electron chi connectivity index (χ2n) is 8.39. The second kappa shape index (κ2) is 7.70. The van der Waals surface area contributed by atoms with E-state index >= 15 is 0 Å². The summed E-state index contributed by atoms with van der Waals surface area (Å²) in [6.45, 7) is 2.06. The molecule has 1 aromatic carbocycles. The summed E-state index contributed by atoms with van der Waals surface area (Å²) in [6, 6.07) is 6.64. The number of H-pyrrole nitrogens is 1. The van der Waals surface area contributed by atoms with Crippen LogP contribution < -0.4 is 10.6 Å². The highest BCUT2D eigenvalue weighted by molar-refractivity contribution is 5.94. The van der Waals surface area contributed by atoms with Crippen LogP contribution >= 0.6 is 0 Å². The van der Waals surface area contributed by atoms with Gasteiger partial charge < -0.3 is 10.6 Å². The lowest BCUT2D eigenvalue weighted by atomic mass is 10.1. The van der Waals surface area contributed by atoms with Crippen molar-refractivity contribution in [2.45, 2.75) is 37.6 Å². The zero-order chi connectivity index (χ0) is 20.6. The third kappa shape index (κ3) is 3.74. The van der Waals surface area contributed by atoms with Crippen molar-refractivity contribution in [2.75, 3.05) is 18.4 Å². The number of aromatic amines is 1. The van der Waals surface area contributed by atoms with Crippen LogP contribution in [0.4, 0.5) is 5.82 Å². The van der Waals surface area contributed by atoms with Crippen molar-refractivity contribution < 1.29 is 0 Å². The Morgan fingerprint density at radius 2 is 1.71 bits per heavy atom. The minimum absolute atomic E-state index is 0.422. The summed E-state index contributed by atoms with van der Waals surface area (Å²) in [5.41, 5.74) is 5.52. The van der Waals surface area contributed by atoms with E-state index < -0.39 is 0 Å². The first-order chi connectivity index (χ1) is 15.3. The minimum Gasteiger partial charge on any atom is -0.366 e. The van der Waals surface area contributed by atoms with E-state index in [1.807, 2.05) is 18.5 Å². The Morgan fingerprint density at radius 1 is 0.871 bits per heavy atom. The molecule has 0 spiro atoms. The van der Waals surface area contributed by atoms with Gasteiger partial charge in [-0.05, 0) is 50.9 Å². The van der Waals surface area contributed by atoms with Crippen molar-refractivity contribution in [1.82, 2.24) is 35.5 Å². The van der Waals surface area contributed by atoms with Crippen molar-refractivity contribution >= 4 is 16.7 Å². The lowest BCUT2D eigenvalue weighted by Gasteiger charge is -2.24. The van der Waals surface area contributed by atoms with Crippen LogP contribution in [0.2, 0.25) is 0 Å². The maximum Gasteiger partial charge on any atom is 0.145 e. The summed E-state index contributed by atoms with van der Waals surface area (Å²) in [4.78, 5) is 18.5. The molecule has 8 nitrogen and oxygen atoms in total. The van der Waals surface area contributed by atoms with Crippen molar-refractivity contribution in [3.63, 3.8) is 0 Å². The molecule has 4 aromatic rings. The largest absolute Gasteiger partial charge is 0.366 e. The molecule has 156 valence electrons. The fraction of sp³-hybridized carbons (Fsp3) is 0.348. The molecular weight excluding hydrogens is 388 g/mol. The molecule has 2 aliphatic rings. The number of nitrogens with zero attached hydrogens (tertiary/aromatic N) is 5. The van der Waals surface area contributed by atoms with Crippen LogP contribution in [0, 0.1) is 0 Å². The predicted octanol–water partition coefficient (Wildman–Crippen LogP) is 3.52. The van der Waals surface area contributed by atoms with Crippen LogP contribution in [0.15, 0.2) is 43.0 Å². The number of nitrogens with one attached hydrogen (secondary N) is 3. The first-order valence-corrected chi connectivity index (χ1v) is 10.9. The van der Waals surface area contributed by atoms with Gasteiger partial charge in [-0.15, -0.1) is 0 Å². The van der Waals surface area contributed by atoms with E-state index in [9.17, 15) is 0 Å². The summed E-state index contributed by atoms with van der Waals surface area (Å²) in [5.74, 6) is 1.37. The van der Waals surface area contributed by atoms with E-state index in [2.05, 4.69) is 42.9 Å². The van der Waals surface area contributed by atoms with Gasteiger partial charge in [-0.1, -0.05) is 6.07 Å². The van der Waals surface area contributed by atoms with E-state index in [0.29, 0.717) is 12.0 Å². The van der Waals surface area contributed by atoms with Gasteiger partial charge >= 0.3 is 0 Å². The van der Waals surface area contributed by atoms with Crippen LogP contribution in [0.25, 0.3) is 33.5 Å². The summed E-state index contributed by atoms with van der Waals surface area (Å²) in [6.07, 6.45) is 11.9. The Bertz CT molecular complexity index is 1220. The SMILES string of the molecule is c1cc2[nH]nc(-c3cncc(NC4CCNCC4)n3)c2cc1-c1cncc(C2CC2)n1. The highest BCUT2D eigenvalue weighted by Crippen LogP contribution is 2.39. The third-order valence-corrected chi connectivity index (χ3v) is 6.08. The lowest BCUT2D eigenvalue weighted by molar-refractivity contribution is 0.478. The van der Waals surface area contributed by atoms with Gasteiger partial charge in [0.1, 0.15) is 17.2 Å². The zero-order valence-electron chi connectivity index (χ0n) is 17.2. The van der Waals surface area contributed by atoms with E-state index in [0.717, 1.165) is 71.0 Å². The average molecular weight is 413 g/mol. The third-order valence-electron chi connectivity index (χ3n) is 6.08. The van der Waals surface area contributed by atoms with Crippen LogP contribution in [0.1, 0.15) is 37.3 Å². The maximum atomic E-state index is 4.84. The number of rotatable bonds is 5. The fourth-order valence-corrected chi connectivity index (χ4v) is 4.19. The summed E-state index contributed by atoms with van der Waals surface area (Å²) >= 11 is 0. The van der Waals surface area contributed by atoms with Crippen molar-refractivity contribution in [3.8, 4) is 22.6 Å². The van der Waals surface area contributed by atoms with Crippen molar-refractivity contribution in [2.24, 2.45) is 0 Å². The minimum atomic E-state index is 0.422. The van der Waals surface area contributed by atoms with Crippen LogP contribution in [0.5, 0.6) is 0 Å². The highest BCUT2D eigenvalue weighted by Gasteiger charge is 2.25. The van der Waals surface area contributed by atoms with E-state index in [1.165, 1.54) is 12.8 Å². The number of piperidine rings is 1. The molecule has 1 saturated carbocycles. The molecule has 2 fully saturated rings. The fourth-order valence-electron chi connectivity index (χ4n) is 4.19. The number of hydrogen-bond acceptors (Lipinski definition) is 7. The monoisotopic (exact) mass is 412 g/mol. The quantitative estimate of drug-likeness (QED) is 0.461. The van der Waals surface area contributed by atoms with Gasteiger partial charge in [-0.3, -0.25) is 15.1 Å². The van der Waals surface area contributed by atoms with E-state index in [4.69, 9.17) is 9.97 Å². The van der Waals surface area contributed by atoms with Crippen LogP contribution in [0.3, 0.4) is 0 Å². The van der Waals surface area contributed by atoms with Gasteiger partial charge in [0.15, 0.2) is 0 Å². The summed E-state index contributed by atoms with van der Waals surface area (Å²) in [5, 5.41) is 15.6. The summed E-state index contributed by atoms with van der Waals surface area (Å²) in [7, 11) is 0. The van der Waals surface area contributed by atoms with Gasteiger partial charge in [-0.2, -0.15) is 5.10 Å². The standard InChI is InChI=1S/C23H24N8/c1-2-14(1)19-10-25-11-20(28-19)15-3-4-18-17(9-15)23(31-30-18)21-12-26-13-22(29-21)27-16-5-7-24-8-6-16/h3-4,9-14,16,24H,1-2,5-8H2,(H,27,29)(H,30,31). The molecule has 0 bridgehead atoms. The number of fused-ring (bicyclic) bond motifs is 1. The Balaban J connectivity index is 1.34. The zero-order valence-corrected chi connectivity index (χ0v) is 17.2. The van der Waals surface area contributed by atoms with E-state index in [1.54, 1.807) is 12.4 Å². The highest BCUT2D eigenvalue weighted by atomic mass is 15.1. The molecule has 0 radical (unpaired) electrons. The molecule has 1 saturated heterocycles. The molecule has 3 N–H and O–H groups in total. The van der Waals surface area contributed by atoms with Gasteiger partial charge in [-0.25, -0.2) is 9.97 Å². The van der Waals surface area contributed by atoms with E-state index in [-0.39, 0.29) is 0 Å². The first kappa shape index (κ1) is 18.4. The van der Waals surface area contributed by atoms with Crippen molar-refractivity contribution in [1.29, 1.82) is 0 Å². The molecule has 6 rings (SSSR count). The van der Waals surface area contributed by atoms with Gasteiger partial charge in [0.05, 0.1) is 35.5 Å². The summed E-state index contributed by atoms with van der Waals surface area (Å²) < 4.78 is 0. The predicted molar refractivity (Wildman–Crippen MR) is 120 cm³/mol. The molecule has 31 heavy (non-hydrogen) atoms. The second-order valence-corrected chi connectivity index (χ2v) is 8.39. The Morgan fingerprint density at radius 3 is 2.58 bits per heavy atom. The number of anilines is 1. The molecule has 0 amide bonds. The molecule has 0 unspecified atom stereocenters. The Kier molecular flexibility index (Phi) is 4.57. The van der Waals surface area contributed by atoms with Crippen molar-refractivity contribution in [3.05, 3.63) is 48.7 Å². The smallest absolute Gasteiger partial charge is 0.145 e. The van der Waals surface area contributed by atoms with Crippen LogP contribution in [-0.2, 0) is 0 Å². The molecule has 4 heterocycles. The molecule has 0 atom stereocenters. The molecule has 1 aliphatic carbocycles. The molecular formula is C23H24N8. The lowest BCUT2D eigenvalue weighted by Crippen LogP contribution is -2.35. The topological polar surface area (TPSA) is 104 Å². The maximum absolute atomic E-state index is 4.84. The van der Waals surface area contributed by atoms with Gasteiger partial charge in [0.25, 0.3) is 0 Å². The Labute approximate surface area is 180 Å². The first-order valence-electron chi connectivity index (χ1n) is 10.9. The van der Waals surface area contributed by atoms with Gasteiger partial charge in [0, 0.05) is 29.1 Å². The van der Waals surface area contributed by atoms with Crippen LogP contribution in [-0.4, -0.2) is 49.3 Å². The Hall–Kier alpha value is -3.39. The molecule has 3 aromatic heterocycles. The molecule has 1 aliphatic heterocycles. The number of hydrogen-bond donors (Lipinski definition) is 3. The number of aromatic nitrogens is 6. The average Bonchev–Trinajstić information content (AvgIpc) is 3.59.